The Bertz CT molecular complexity index is 1510. The number of nitriles is 1. The standard InChI is InChI=1S/C24H19N7O3/c1-14-12-19(29(2)27-14)22-21-20(16-10-6-7-11-18(16)31(32)33)17(13-25)23(26)34-24(21)30(28-22)15-8-4-3-5-9-15/h3-12,20H,26H2,1-2H3. The van der Waals surface area contributed by atoms with E-state index in [0.29, 0.717) is 34.1 Å². The third-order valence-corrected chi connectivity index (χ3v) is 5.74. The van der Waals surface area contributed by atoms with Gasteiger partial charge in [-0.05, 0) is 25.1 Å². The van der Waals surface area contributed by atoms with Gasteiger partial charge >= 0.3 is 0 Å². The summed E-state index contributed by atoms with van der Waals surface area (Å²) in [6.07, 6.45) is 0. The number of fused-ring (bicyclic) bond motifs is 1. The first kappa shape index (κ1) is 21.0. The molecule has 2 aromatic carbocycles. The quantitative estimate of drug-likeness (QED) is 0.367. The molecular weight excluding hydrogens is 434 g/mol. The molecule has 2 N–H and O–H groups in total. The highest BCUT2D eigenvalue weighted by atomic mass is 16.6. The Kier molecular flexibility index (Phi) is 4.87. The summed E-state index contributed by atoms with van der Waals surface area (Å²) in [4.78, 5) is 11.4. The van der Waals surface area contributed by atoms with Gasteiger partial charge in [0.05, 0.1) is 33.5 Å². The van der Waals surface area contributed by atoms with Crippen LogP contribution in [0.5, 0.6) is 5.88 Å². The number of nitro groups is 1. The van der Waals surface area contributed by atoms with E-state index in [2.05, 4.69) is 11.2 Å². The Morgan fingerprint density at radius 2 is 1.85 bits per heavy atom. The molecule has 0 spiro atoms. The molecule has 1 aliphatic heterocycles. The monoisotopic (exact) mass is 453 g/mol. The Morgan fingerprint density at radius 1 is 1.15 bits per heavy atom. The number of allylic oxidation sites excluding steroid dienone is 1. The molecule has 0 saturated heterocycles. The van der Waals surface area contributed by atoms with Crippen LogP contribution in [0.4, 0.5) is 5.69 Å². The molecule has 5 rings (SSSR count). The lowest BCUT2D eigenvalue weighted by Crippen LogP contribution is -2.22. The molecule has 0 bridgehead atoms. The van der Waals surface area contributed by atoms with E-state index >= 15 is 0 Å². The molecule has 4 aromatic rings. The Hall–Kier alpha value is -4.91. The predicted octanol–water partition coefficient (Wildman–Crippen LogP) is 3.71. The summed E-state index contributed by atoms with van der Waals surface area (Å²) in [6.45, 7) is 1.86. The predicted molar refractivity (Wildman–Crippen MR) is 123 cm³/mol. The summed E-state index contributed by atoms with van der Waals surface area (Å²) in [6, 6.07) is 19.6. The second-order valence-corrected chi connectivity index (χ2v) is 7.85. The van der Waals surface area contributed by atoms with Crippen LogP contribution in [0.3, 0.4) is 0 Å². The van der Waals surface area contributed by atoms with E-state index in [1.54, 1.807) is 34.6 Å². The average Bonchev–Trinajstić information content (AvgIpc) is 3.37. The van der Waals surface area contributed by atoms with Crippen LogP contribution in [0, 0.1) is 28.4 Å². The Morgan fingerprint density at radius 3 is 2.50 bits per heavy atom. The van der Waals surface area contributed by atoms with Crippen molar-refractivity contribution in [1.29, 1.82) is 5.26 Å². The van der Waals surface area contributed by atoms with Crippen LogP contribution in [0.15, 0.2) is 72.1 Å². The van der Waals surface area contributed by atoms with Gasteiger partial charge in [-0.1, -0.05) is 36.4 Å². The van der Waals surface area contributed by atoms with Crippen LogP contribution < -0.4 is 10.5 Å². The van der Waals surface area contributed by atoms with Gasteiger partial charge in [-0.15, -0.1) is 0 Å². The zero-order chi connectivity index (χ0) is 24.0. The highest BCUT2D eigenvalue weighted by Gasteiger charge is 2.40. The number of rotatable bonds is 4. The van der Waals surface area contributed by atoms with E-state index in [1.807, 2.05) is 43.3 Å². The minimum absolute atomic E-state index is 0.0783. The van der Waals surface area contributed by atoms with Gasteiger partial charge < -0.3 is 10.5 Å². The summed E-state index contributed by atoms with van der Waals surface area (Å²) < 4.78 is 9.23. The van der Waals surface area contributed by atoms with Gasteiger partial charge in [0.1, 0.15) is 17.3 Å². The smallest absolute Gasteiger partial charge is 0.273 e. The number of ether oxygens (including phenoxy) is 1. The van der Waals surface area contributed by atoms with Gasteiger partial charge in [-0.3, -0.25) is 14.8 Å². The first-order valence-corrected chi connectivity index (χ1v) is 10.4. The van der Waals surface area contributed by atoms with Crippen molar-refractivity contribution in [3.63, 3.8) is 0 Å². The van der Waals surface area contributed by atoms with Gasteiger partial charge in [0.15, 0.2) is 0 Å². The normalized spacial score (nSPS) is 14.9. The highest BCUT2D eigenvalue weighted by Crippen LogP contribution is 2.49. The minimum Gasteiger partial charge on any atom is -0.422 e. The van der Waals surface area contributed by atoms with Crippen LogP contribution in [0.1, 0.15) is 22.7 Å². The maximum absolute atomic E-state index is 11.9. The molecule has 0 saturated carbocycles. The van der Waals surface area contributed by atoms with Crippen molar-refractivity contribution in [3.8, 4) is 29.0 Å². The van der Waals surface area contributed by atoms with E-state index in [1.165, 1.54) is 6.07 Å². The summed E-state index contributed by atoms with van der Waals surface area (Å²) >= 11 is 0. The van der Waals surface area contributed by atoms with Crippen LogP contribution in [0.25, 0.3) is 17.1 Å². The van der Waals surface area contributed by atoms with E-state index in [9.17, 15) is 15.4 Å². The van der Waals surface area contributed by atoms with E-state index in [4.69, 9.17) is 15.6 Å². The zero-order valence-corrected chi connectivity index (χ0v) is 18.3. The zero-order valence-electron chi connectivity index (χ0n) is 18.3. The third kappa shape index (κ3) is 3.18. The first-order valence-electron chi connectivity index (χ1n) is 10.4. The molecule has 0 radical (unpaired) electrons. The maximum Gasteiger partial charge on any atom is 0.273 e. The van der Waals surface area contributed by atoms with E-state index in [0.717, 1.165) is 5.69 Å². The number of nitro benzene ring substituents is 1. The van der Waals surface area contributed by atoms with Crippen molar-refractivity contribution in [2.75, 3.05) is 0 Å². The number of nitrogens with two attached hydrogens (primary N) is 1. The molecule has 3 heterocycles. The molecule has 0 fully saturated rings. The van der Waals surface area contributed by atoms with Crippen molar-refractivity contribution in [3.05, 3.63) is 99.1 Å². The average molecular weight is 453 g/mol. The third-order valence-electron chi connectivity index (χ3n) is 5.74. The Labute approximate surface area is 194 Å². The molecule has 2 aromatic heterocycles. The van der Waals surface area contributed by atoms with Crippen LogP contribution in [0.2, 0.25) is 0 Å². The van der Waals surface area contributed by atoms with Gasteiger partial charge in [-0.25, -0.2) is 0 Å². The first-order chi connectivity index (χ1) is 16.4. The largest absolute Gasteiger partial charge is 0.422 e. The number of hydrogen-bond acceptors (Lipinski definition) is 7. The van der Waals surface area contributed by atoms with Crippen molar-refractivity contribution < 1.29 is 9.66 Å². The molecule has 168 valence electrons. The highest BCUT2D eigenvalue weighted by molar-refractivity contribution is 5.71. The molecule has 10 heteroatoms. The Balaban J connectivity index is 1.89. The van der Waals surface area contributed by atoms with Crippen molar-refractivity contribution in [2.45, 2.75) is 12.8 Å². The summed E-state index contributed by atoms with van der Waals surface area (Å²) in [7, 11) is 1.79. The van der Waals surface area contributed by atoms with Gasteiger partial charge in [0.25, 0.3) is 5.69 Å². The van der Waals surface area contributed by atoms with Gasteiger partial charge in [0.2, 0.25) is 11.8 Å². The van der Waals surface area contributed by atoms with Crippen LogP contribution in [-0.4, -0.2) is 24.5 Å². The fourth-order valence-electron chi connectivity index (χ4n) is 4.31. The van der Waals surface area contributed by atoms with E-state index in [-0.39, 0.29) is 17.1 Å². The number of hydrogen-bond donors (Lipinski definition) is 1. The molecule has 1 atom stereocenters. The maximum atomic E-state index is 11.9. The van der Waals surface area contributed by atoms with Gasteiger partial charge in [0, 0.05) is 18.7 Å². The number of aromatic nitrogens is 4. The summed E-state index contributed by atoms with van der Waals surface area (Å²) in [5.41, 5.74) is 9.62. The molecule has 1 aliphatic rings. The van der Waals surface area contributed by atoms with Gasteiger partial charge in [-0.2, -0.15) is 20.1 Å². The fraction of sp³-hybridized carbons (Fsp3) is 0.125. The molecule has 0 amide bonds. The van der Waals surface area contributed by atoms with E-state index < -0.39 is 10.8 Å². The minimum atomic E-state index is -0.863. The second kappa shape index (κ2) is 7.90. The lowest BCUT2D eigenvalue weighted by molar-refractivity contribution is -0.385. The molecule has 1 unspecified atom stereocenters. The number of para-hydroxylation sites is 2. The number of benzene rings is 2. The van der Waals surface area contributed by atoms with Crippen molar-refractivity contribution in [2.24, 2.45) is 12.8 Å². The van der Waals surface area contributed by atoms with Crippen molar-refractivity contribution in [1.82, 2.24) is 19.6 Å². The second-order valence-electron chi connectivity index (χ2n) is 7.85. The number of aryl methyl sites for hydroxylation is 2. The topological polar surface area (TPSA) is 138 Å². The summed E-state index contributed by atoms with van der Waals surface area (Å²) in [5, 5.41) is 31.2. The SMILES string of the molecule is Cc1cc(-c2nn(-c3ccccc3)c3c2C(c2ccccc2[N+](=O)[O-])C(C#N)=C(N)O3)n(C)n1. The lowest BCUT2D eigenvalue weighted by Gasteiger charge is -2.25. The molecule has 0 aliphatic carbocycles. The molecule has 10 nitrogen and oxygen atoms in total. The van der Waals surface area contributed by atoms with Crippen LogP contribution in [-0.2, 0) is 7.05 Å². The summed E-state index contributed by atoms with van der Waals surface area (Å²) in [5.74, 6) is -0.694. The molecule has 34 heavy (non-hydrogen) atoms. The van der Waals surface area contributed by atoms with Crippen LogP contribution >= 0.6 is 0 Å². The fourth-order valence-corrected chi connectivity index (χ4v) is 4.31. The number of nitrogens with zero attached hydrogens (tertiary/aromatic N) is 6. The van der Waals surface area contributed by atoms with Crippen molar-refractivity contribution >= 4 is 5.69 Å². The molecular formula is C24H19N7O3. The lowest BCUT2D eigenvalue weighted by atomic mass is 9.82.